The first kappa shape index (κ1) is 14.5. The van der Waals surface area contributed by atoms with Gasteiger partial charge in [0.25, 0.3) is 0 Å². The van der Waals surface area contributed by atoms with Gasteiger partial charge in [0, 0.05) is 22.2 Å². The molecule has 0 bridgehead atoms. The predicted octanol–water partition coefficient (Wildman–Crippen LogP) is 4.85. The maximum absolute atomic E-state index is 11.8. The second kappa shape index (κ2) is 8.51. The second-order valence-corrected chi connectivity index (χ2v) is 3.82. The lowest BCUT2D eigenvalue weighted by molar-refractivity contribution is 0.103. The van der Waals surface area contributed by atoms with Crippen LogP contribution in [-0.4, -0.2) is 5.78 Å². The Morgan fingerprint density at radius 2 is 1.06 bits per heavy atom. The minimum atomic E-state index is 0.0752. The van der Waals surface area contributed by atoms with E-state index in [1.54, 1.807) is 0 Å². The van der Waals surface area contributed by atoms with Gasteiger partial charge in [-0.2, -0.15) is 0 Å². The number of carbonyl (C=O) groups is 1. The van der Waals surface area contributed by atoms with Crippen molar-refractivity contribution in [1.29, 1.82) is 0 Å². The summed E-state index contributed by atoms with van der Waals surface area (Å²) in [5.41, 5.74) is 3.95. The molecule has 0 radical (unpaired) electrons. The van der Waals surface area contributed by atoms with Gasteiger partial charge in [0.1, 0.15) is 0 Å². The van der Waals surface area contributed by atoms with E-state index in [0.29, 0.717) is 0 Å². The second-order valence-electron chi connectivity index (χ2n) is 3.31. The van der Waals surface area contributed by atoms with Gasteiger partial charge in [0.2, 0.25) is 0 Å². The molecule has 3 heteroatoms. The Balaban J connectivity index is 0.000000357. The van der Waals surface area contributed by atoms with Gasteiger partial charge in [0.15, 0.2) is 5.78 Å². The van der Waals surface area contributed by atoms with Crippen LogP contribution in [0.1, 0.15) is 15.9 Å². The maximum atomic E-state index is 11.8. The van der Waals surface area contributed by atoms with E-state index in [2.05, 4.69) is 0 Å². The van der Waals surface area contributed by atoms with Crippen molar-refractivity contribution < 1.29 is 4.79 Å². The van der Waals surface area contributed by atoms with E-state index in [1.807, 2.05) is 60.7 Å². The monoisotopic (exact) mass is 278 g/mol. The van der Waals surface area contributed by atoms with Crippen molar-refractivity contribution in [3.8, 4) is 0 Å². The Kier molecular flexibility index (Phi) is 6.85. The summed E-state index contributed by atoms with van der Waals surface area (Å²) in [6, 6.07) is 18.6. The number of hydrogen-bond donors (Lipinski definition) is 0. The van der Waals surface area contributed by atoms with Gasteiger partial charge < -0.3 is 0 Å². The first-order valence-corrected chi connectivity index (χ1v) is 6.17. The van der Waals surface area contributed by atoms with Crippen molar-refractivity contribution in [3.63, 3.8) is 0 Å². The molecule has 0 amide bonds. The zero-order valence-electron chi connectivity index (χ0n) is 9.59. The van der Waals surface area contributed by atoms with E-state index >= 15 is 0 Å². The van der Waals surface area contributed by atoms with Crippen molar-refractivity contribution in [2.24, 2.45) is 0 Å². The van der Waals surface area contributed by atoms with E-state index < -0.39 is 0 Å². The number of carbonyl (C=O) groups excluding carboxylic acids is 1. The molecular formula is C15H12Cl2O. The van der Waals surface area contributed by atoms with Crippen LogP contribution in [0.3, 0.4) is 0 Å². The molecule has 0 heterocycles. The van der Waals surface area contributed by atoms with Crippen LogP contribution in [0, 0.1) is 0 Å². The van der Waals surface area contributed by atoms with E-state index in [0.717, 1.165) is 11.1 Å². The molecule has 0 aliphatic carbocycles. The minimum Gasteiger partial charge on any atom is -0.289 e. The predicted molar refractivity (Wildman–Crippen MR) is 77.2 cm³/mol. The largest absolute Gasteiger partial charge is 0.289 e. The molecule has 2 rings (SSSR count). The number of hydrogen-bond acceptors (Lipinski definition) is 1. The molecule has 0 fully saturated rings. The number of halogens is 2. The number of ketones is 1. The highest BCUT2D eigenvalue weighted by molar-refractivity contribution is 6.33. The quantitative estimate of drug-likeness (QED) is 0.718. The van der Waals surface area contributed by atoms with E-state index in [-0.39, 0.29) is 5.78 Å². The molecule has 0 aliphatic rings. The van der Waals surface area contributed by atoms with E-state index in [4.69, 9.17) is 23.2 Å². The summed E-state index contributed by atoms with van der Waals surface area (Å²) in [5, 5.41) is 0. The molecule has 2 aromatic carbocycles. The van der Waals surface area contributed by atoms with Gasteiger partial charge in [0.05, 0.1) is 0 Å². The van der Waals surface area contributed by atoms with Crippen LogP contribution in [0.15, 0.2) is 71.7 Å². The molecule has 0 aliphatic heterocycles. The summed E-state index contributed by atoms with van der Waals surface area (Å²) in [5.74, 6) is 0.0752. The molecule has 0 aromatic heterocycles. The fourth-order valence-corrected chi connectivity index (χ4v) is 1.35. The Labute approximate surface area is 117 Å². The average molecular weight is 279 g/mol. The fourth-order valence-electron chi connectivity index (χ4n) is 1.35. The third-order valence-electron chi connectivity index (χ3n) is 2.12. The molecule has 0 atom stereocenters. The summed E-state index contributed by atoms with van der Waals surface area (Å²) in [6.07, 6.45) is 0. The van der Waals surface area contributed by atoms with E-state index in [1.165, 1.54) is 11.1 Å². The van der Waals surface area contributed by atoms with Gasteiger partial charge in [-0.15, -0.1) is 0 Å². The number of rotatable bonds is 2. The van der Waals surface area contributed by atoms with Crippen molar-refractivity contribution in [2.45, 2.75) is 0 Å². The highest BCUT2D eigenvalue weighted by atomic mass is 35.5. The summed E-state index contributed by atoms with van der Waals surface area (Å²) in [4.78, 5) is 11.8. The van der Waals surface area contributed by atoms with Crippen molar-refractivity contribution in [1.82, 2.24) is 0 Å². The minimum absolute atomic E-state index is 0.0752. The standard InChI is InChI=1S/C13H10O.C2H2Cl2/c14-13(11-7-3-1-4-8-11)12-9-5-2-6-10-12;3-1-2-4/h1-10H;1-2H. The van der Waals surface area contributed by atoms with Gasteiger partial charge >= 0.3 is 0 Å². The lowest BCUT2D eigenvalue weighted by Crippen LogP contribution is -1.99. The molecule has 0 saturated heterocycles. The van der Waals surface area contributed by atoms with Crippen LogP contribution in [0.5, 0.6) is 0 Å². The summed E-state index contributed by atoms with van der Waals surface area (Å²) in [6.45, 7) is 0. The van der Waals surface area contributed by atoms with Crippen LogP contribution < -0.4 is 0 Å². The Hall–Kier alpha value is -1.57. The van der Waals surface area contributed by atoms with Crippen molar-refractivity contribution in [3.05, 3.63) is 82.9 Å². The molecule has 0 spiro atoms. The van der Waals surface area contributed by atoms with E-state index in [9.17, 15) is 4.79 Å². The average Bonchev–Trinajstić information content (AvgIpc) is 2.48. The Bertz CT molecular complexity index is 447. The number of benzene rings is 2. The van der Waals surface area contributed by atoms with Gasteiger partial charge in [-0.25, -0.2) is 0 Å². The van der Waals surface area contributed by atoms with Crippen LogP contribution in [0.2, 0.25) is 0 Å². The third-order valence-corrected chi connectivity index (χ3v) is 2.50. The topological polar surface area (TPSA) is 17.1 Å². The van der Waals surface area contributed by atoms with Gasteiger partial charge in [-0.05, 0) is 0 Å². The lowest BCUT2D eigenvalue weighted by atomic mass is 10.0. The van der Waals surface area contributed by atoms with Crippen LogP contribution in [-0.2, 0) is 0 Å². The highest BCUT2D eigenvalue weighted by Gasteiger charge is 2.06. The molecule has 0 N–H and O–H groups in total. The molecule has 0 saturated carbocycles. The summed E-state index contributed by atoms with van der Waals surface area (Å²) >= 11 is 9.75. The van der Waals surface area contributed by atoms with Crippen LogP contribution in [0.25, 0.3) is 0 Å². The Morgan fingerprint density at radius 1 is 0.722 bits per heavy atom. The van der Waals surface area contributed by atoms with Crippen LogP contribution in [0.4, 0.5) is 0 Å². The zero-order valence-corrected chi connectivity index (χ0v) is 11.1. The SMILES string of the molecule is ClC=CCl.O=C(c1ccccc1)c1ccccc1. The van der Waals surface area contributed by atoms with Crippen molar-refractivity contribution in [2.75, 3.05) is 0 Å². The highest BCUT2D eigenvalue weighted by Crippen LogP contribution is 2.08. The fraction of sp³-hybridized carbons (Fsp3) is 0. The molecule has 2 aromatic rings. The molecule has 18 heavy (non-hydrogen) atoms. The smallest absolute Gasteiger partial charge is 0.193 e. The first-order valence-electron chi connectivity index (χ1n) is 5.30. The molecular weight excluding hydrogens is 267 g/mol. The summed E-state index contributed by atoms with van der Waals surface area (Å²) in [7, 11) is 0. The third kappa shape index (κ3) is 4.74. The Morgan fingerprint density at radius 3 is 1.33 bits per heavy atom. The van der Waals surface area contributed by atoms with Gasteiger partial charge in [-0.1, -0.05) is 83.9 Å². The van der Waals surface area contributed by atoms with Gasteiger partial charge in [-0.3, -0.25) is 4.79 Å². The molecule has 92 valence electrons. The molecule has 0 unspecified atom stereocenters. The lowest BCUT2D eigenvalue weighted by Gasteiger charge is -1.99. The summed E-state index contributed by atoms with van der Waals surface area (Å²) < 4.78 is 0. The maximum Gasteiger partial charge on any atom is 0.193 e. The first-order chi connectivity index (χ1) is 8.79. The normalized spacial score (nSPS) is 9.67. The zero-order chi connectivity index (χ0) is 13.2. The van der Waals surface area contributed by atoms with Crippen molar-refractivity contribution >= 4 is 29.0 Å². The molecule has 1 nitrogen and oxygen atoms in total. The van der Waals surface area contributed by atoms with Crippen LogP contribution >= 0.6 is 23.2 Å².